The van der Waals surface area contributed by atoms with Crippen LogP contribution in [0, 0.1) is 11.8 Å². The summed E-state index contributed by atoms with van der Waals surface area (Å²) in [6.45, 7) is 12.2. The van der Waals surface area contributed by atoms with E-state index < -0.39 is 49.6 Å². The van der Waals surface area contributed by atoms with Gasteiger partial charge in [0, 0.05) is 6.42 Å². The van der Waals surface area contributed by atoms with Crippen LogP contribution in [0.4, 0.5) is 5.95 Å². The van der Waals surface area contributed by atoms with Gasteiger partial charge in [-0.3, -0.25) is 18.7 Å². The Kier molecular flexibility index (Phi) is 11.5. The number of ether oxygens (including phenoxy) is 4. The van der Waals surface area contributed by atoms with Crippen LogP contribution in [0.15, 0.2) is 6.33 Å². The van der Waals surface area contributed by atoms with Crippen LogP contribution in [-0.2, 0) is 32.9 Å². The van der Waals surface area contributed by atoms with E-state index in [2.05, 4.69) is 25.1 Å². The van der Waals surface area contributed by atoms with Crippen LogP contribution in [0.25, 0.3) is 11.2 Å². The molecule has 1 aliphatic heterocycles. The molecule has 17 heteroatoms. The van der Waals surface area contributed by atoms with Gasteiger partial charge >= 0.3 is 19.6 Å². The number of anilines is 1. The predicted octanol–water partition coefficient (Wildman–Crippen LogP) is 1.93. The molecule has 5 atom stereocenters. The SMILES string of the molecule is COc1nc(N)nc2c1ncn2C1OC(COP(=O)(NC(C)C(=O)OCC(C)C)NC(C)C(=O)OCC(C)C)CC1(C)O. The second-order valence-electron chi connectivity index (χ2n) is 11.7. The molecule has 0 spiro atoms. The Balaban J connectivity index is 1.77. The monoisotopic (exact) mass is 629 g/mol. The average Bonchev–Trinajstić information content (AvgIpc) is 3.47. The number of carbonyl (C=O) groups is 2. The van der Waals surface area contributed by atoms with E-state index in [9.17, 15) is 19.3 Å². The van der Waals surface area contributed by atoms with Crippen molar-refractivity contribution in [2.75, 3.05) is 32.7 Å². The molecule has 0 saturated carbocycles. The molecule has 2 aromatic heterocycles. The number of nitrogens with two attached hydrogens (primary N) is 1. The number of rotatable bonds is 15. The number of methoxy groups -OCH3 is 1. The Morgan fingerprint density at radius 3 is 2.19 bits per heavy atom. The summed E-state index contributed by atoms with van der Waals surface area (Å²) in [5, 5.41) is 16.6. The maximum atomic E-state index is 14.0. The minimum atomic E-state index is -4.10. The van der Waals surface area contributed by atoms with E-state index in [-0.39, 0.29) is 55.6 Å². The maximum Gasteiger partial charge on any atom is 0.342 e. The zero-order chi connectivity index (χ0) is 32.1. The van der Waals surface area contributed by atoms with E-state index in [0.29, 0.717) is 5.52 Å². The van der Waals surface area contributed by atoms with E-state index in [4.69, 9.17) is 29.2 Å². The van der Waals surface area contributed by atoms with Crippen LogP contribution < -0.4 is 20.6 Å². The van der Waals surface area contributed by atoms with Gasteiger partial charge in [-0.15, -0.1) is 0 Å². The van der Waals surface area contributed by atoms with Gasteiger partial charge in [0.05, 0.1) is 39.4 Å². The Morgan fingerprint density at radius 2 is 1.67 bits per heavy atom. The Labute approximate surface area is 250 Å². The van der Waals surface area contributed by atoms with Gasteiger partial charge in [0.15, 0.2) is 17.4 Å². The number of nitrogen functional groups attached to an aromatic ring is 1. The highest BCUT2D eigenvalue weighted by molar-refractivity contribution is 7.54. The van der Waals surface area contributed by atoms with Gasteiger partial charge in [0.2, 0.25) is 11.8 Å². The molecule has 16 nitrogen and oxygen atoms in total. The fourth-order valence-electron chi connectivity index (χ4n) is 4.29. The van der Waals surface area contributed by atoms with Crippen molar-refractivity contribution in [2.45, 2.75) is 84.9 Å². The van der Waals surface area contributed by atoms with Crippen molar-refractivity contribution in [1.82, 2.24) is 29.7 Å². The number of hydrogen-bond donors (Lipinski definition) is 4. The zero-order valence-corrected chi connectivity index (χ0v) is 26.8. The van der Waals surface area contributed by atoms with E-state index in [1.165, 1.54) is 31.9 Å². The summed E-state index contributed by atoms with van der Waals surface area (Å²) in [5.41, 5.74) is 5.01. The minimum Gasteiger partial charge on any atom is -0.479 e. The largest absolute Gasteiger partial charge is 0.479 e. The van der Waals surface area contributed by atoms with Crippen LogP contribution in [-0.4, -0.2) is 87.3 Å². The number of carbonyl (C=O) groups excluding carboxylic acids is 2. The first-order chi connectivity index (χ1) is 20.0. The number of aromatic nitrogens is 4. The lowest BCUT2D eigenvalue weighted by Gasteiger charge is -2.27. The number of aliphatic hydroxyl groups is 1. The van der Waals surface area contributed by atoms with Crippen molar-refractivity contribution in [3.63, 3.8) is 0 Å². The van der Waals surface area contributed by atoms with Crippen LogP contribution in [0.2, 0.25) is 0 Å². The fourth-order valence-corrected chi connectivity index (χ4v) is 6.12. The fraction of sp³-hybridized carbons (Fsp3) is 0.731. The van der Waals surface area contributed by atoms with E-state index in [0.717, 1.165) is 0 Å². The van der Waals surface area contributed by atoms with Crippen molar-refractivity contribution >= 4 is 36.7 Å². The Hall–Kier alpha value is -2.88. The highest BCUT2D eigenvalue weighted by Crippen LogP contribution is 2.44. The molecule has 242 valence electrons. The summed E-state index contributed by atoms with van der Waals surface area (Å²) in [7, 11) is -2.68. The average molecular weight is 630 g/mol. The third kappa shape index (κ3) is 9.06. The molecular formula is C26H44N7O9P. The van der Waals surface area contributed by atoms with Crippen LogP contribution in [0.5, 0.6) is 5.88 Å². The molecule has 0 amide bonds. The normalized spacial score (nSPS) is 23.3. The van der Waals surface area contributed by atoms with Gasteiger partial charge in [-0.2, -0.15) is 9.97 Å². The number of fused-ring (bicyclic) bond motifs is 1. The lowest BCUT2D eigenvalue weighted by atomic mass is 10.0. The molecule has 1 saturated heterocycles. The second kappa shape index (κ2) is 14.3. The molecular weight excluding hydrogens is 585 g/mol. The van der Waals surface area contributed by atoms with Gasteiger partial charge < -0.3 is 34.3 Å². The quantitative estimate of drug-likeness (QED) is 0.164. The van der Waals surface area contributed by atoms with Gasteiger partial charge in [-0.05, 0) is 32.6 Å². The first kappa shape index (κ1) is 34.6. The summed E-state index contributed by atoms with van der Waals surface area (Å²) in [5.74, 6) is -0.964. The van der Waals surface area contributed by atoms with E-state index in [1.807, 2.05) is 27.7 Å². The molecule has 0 radical (unpaired) electrons. The lowest BCUT2D eigenvalue weighted by molar-refractivity contribution is -0.146. The summed E-state index contributed by atoms with van der Waals surface area (Å²) in [6, 6.07) is -2.09. The summed E-state index contributed by atoms with van der Waals surface area (Å²) < 4.78 is 43.2. The van der Waals surface area contributed by atoms with Crippen LogP contribution in [0.1, 0.15) is 61.1 Å². The van der Waals surface area contributed by atoms with E-state index in [1.54, 1.807) is 6.92 Å². The smallest absolute Gasteiger partial charge is 0.342 e. The summed E-state index contributed by atoms with van der Waals surface area (Å²) >= 11 is 0. The molecule has 2 aromatic rings. The first-order valence-corrected chi connectivity index (χ1v) is 15.7. The highest BCUT2D eigenvalue weighted by atomic mass is 31.2. The molecule has 0 aliphatic carbocycles. The van der Waals surface area contributed by atoms with Gasteiger partial charge in [0.1, 0.15) is 17.7 Å². The third-order valence-corrected chi connectivity index (χ3v) is 8.31. The van der Waals surface area contributed by atoms with Crippen LogP contribution >= 0.6 is 7.67 Å². The molecule has 5 N–H and O–H groups in total. The zero-order valence-electron chi connectivity index (χ0n) is 25.9. The van der Waals surface area contributed by atoms with Crippen molar-refractivity contribution < 1.29 is 42.7 Å². The van der Waals surface area contributed by atoms with Gasteiger partial charge in [0.25, 0.3) is 0 Å². The number of nitrogens with zero attached hydrogens (tertiary/aromatic N) is 4. The molecule has 3 heterocycles. The molecule has 3 rings (SSSR count). The molecule has 5 unspecified atom stereocenters. The molecule has 0 bridgehead atoms. The molecule has 43 heavy (non-hydrogen) atoms. The lowest BCUT2D eigenvalue weighted by Crippen LogP contribution is -2.43. The van der Waals surface area contributed by atoms with Crippen molar-refractivity contribution in [3.8, 4) is 5.88 Å². The van der Waals surface area contributed by atoms with Gasteiger partial charge in [-0.1, -0.05) is 27.7 Å². The summed E-state index contributed by atoms with van der Waals surface area (Å²) in [6.07, 6.45) is -0.235. The van der Waals surface area contributed by atoms with Crippen molar-refractivity contribution in [1.29, 1.82) is 0 Å². The first-order valence-electron chi connectivity index (χ1n) is 14.1. The highest BCUT2D eigenvalue weighted by Gasteiger charge is 2.47. The number of hydrogen-bond acceptors (Lipinski definition) is 13. The molecule has 1 fully saturated rings. The number of imidazole rings is 1. The second-order valence-corrected chi connectivity index (χ2v) is 13.6. The van der Waals surface area contributed by atoms with Crippen LogP contribution in [0.3, 0.4) is 0 Å². The Morgan fingerprint density at radius 1 is 1.12 bits per heavy atom. The van der Waals surface area contributed by atoms with E-state index >= 15 is 0 Å². The maximum absolute atomic E-state index is 14.0. The number of nitrogens with one attached hydrogen (secondary N) is 2. The molecule has 0 aromatic carbocycles. The molecule has 1 aliphatic rings. The predicted molar refractivity (Wildman–Crippen MR) is 156 cm³/mol. The standard InChI is InChI=1S/C26H44N7O9P/c1-14(2)10-39-22(34)16(5)31-43(37,32-17(6)23(35)40-11-15(3)4)41-12-18-9-26(7,36)24(42-18)33-13-28-19-20(33)29-25(27)30-21(19)38-8/h13-18,24,36H,9-12H2,1-8H3,(H2,27,29,30)(H2,31,32,37). The van der Waals surface area contributed by atoms with Crippen molar-refractivity contribution in [2.24, 2.45) is 11.8 Å². The van der Waals surface area contributed by atoms with Crippen molar-refractivity contribution in [3.05, 3.63) is 6.33 Å². The Bertz CT molecular complexity index is 1280. The topological polar surface area (TPSA) is 211 Å². The number of esters is 2. The minimum absolute atomic E-state index is 0.0520. The third-order valence-electron chi connectivity index (χ3n) is 6.34. The van der Waals surface area contributed by atoms with Gasteiger partial charge in [-0.25, -0.2) is 15.2 Å². The summed E-state index contributed by atoms with van der Waals surface area (Å²) in [4.78, 5) is 37.6.